The minimum atomic E-state index is 0.126. The number of morpholine rings is 1. The van der Waals surface area contributed by atoms with Crippen molar-refractivity contribution in [3.8, 4) is 0 Å². The third-order valence-electron chi connectivity index (χ3n) is 4.50. The number of imidazole rings is 1. The number of nitrogens with zero attached hydrogens (tertiary/aromatic N) is 5. The van der Waals surface area contributed by atoms with Crippen molar-refractivity contribution in [3.63, 3.8) is 0 Å². The van der Waals surface area contributed by atoms with Crippen LogP contribution in [0.3, 0.4) is 0 Å². The summed E-state index contributed by atoms with van der Waals surface area (Å²) in [7, 11) is 3.97. The van der Waals surface area contributed by atoms with E-state index in [1.807, 2.05) is 42.1 Å². The van der Waals surface area contributed by atoms with Gasteiger partial charge < -0.3 is 14.6 Å². The van der Waals surface area contributed by atoms with Crippen molar-refractivity contribution in [2.45, 2.75) is 25.6 Å². The van der Waals surface area contributed by atoms with Gasteiger partial charge in [0.1, 0.15) is 0 Å². The molecule has 2 atom stereocenters. The van der Waals surface area contributed by atoms with Crippen molar-refractivity contribution >= 4 is 0 Å². The molecule has 0 radical (unpaired) electrons. The molecule has 2 aromatic heterocycles. The van der Waals surface area contributed by atoms with Gasteiger partial charge in [0.05, 0.1) is 37.0 Å². The summed E-state index contributed by atoms with van der Waals surface area (Å²) in [5, 5.41) is 7.84. The van der Waals surface area contributed by atoms with Gasteiger partial charge in [-0.3, -0.25) is 9.58 Å². The van der Waals surface area contributed by atoms with Crippen molar-refractivity contribution < 1.29 is 4.74 Å². The third-order valence-corrected chi connectivity index (χ3v) is 4.50. The third kappa shape index (κ3) is 3.63. The molecule has 1 fully saturated rings. The predicted molar refractivity (Wildman–Crippen MR) is 87.9 cm³/mol. The van der Waals surface area contributed by atoms with Crippen molar-refractivity contribution in [1.82, 2.24) is 29.5 Å². The molecule has 2 aromatic rings. The van der Waals surface area contributed by atoms with Crippen molar-refractivity contribution in [2.24, 2.45) is 14.1 Å². The fraction of sp³-hybridized carbons (Fsp3) is 0.625. The van der Waals surface area contributed by atoms with E-state index in [1.165, 1.54) is 11.3 Å². The second-order valence-electron chi connectivity index (χ2n) is 6.06. The SMILES string of the molecule is CCN1CCO[C@@H](CNCc2cncn2C)[C@@H]1c1cnn(C)c1. The normalized spacial score (nSPS) is 22.6. The molecule has 0 bridgehead atoms. The molecular formula is C16H26N6O. The van der Waals surface area contributed by atoms with E-state index < -0.39 is 0 Å². The molecule has 7 nitrogen and oxygen atoms in total. The molecule has 0 unspecified atom stereocenters. The lowest BCUT2D eigenvalue weighted by molar-refractivity contribution is -0.0695. The molecule has 7 heteroatoms. The first-order chi connectivity index (χ1) is 11.2. The van der Waals surface area contributed by atoms with Crippen LogP contribution in [0, 0.1) is 0 Å². The van der Waals surface area contributed by atoms with Crippen LogP contribution in [0.5, 0.6) is 0 Å². The van der Waals surface area contributed by atoms with Gasteiger partial charge in [-0.15, -0.1) is 0 Å². The van der Waals surface area contributed by atoms with Crippen molar-refractivity contribution in [2.75, 3.05) is 26.2 Å². The second-order valence-corrected chi connectivity index (χ2v) is 6.06. The lowest BCUT2D eigenvalue weighted by Gasteiger charge is -2.40. The molecule has 0 aliphatic carbocycles. The van der Waals surface area contributed by atoms with Crippen LogP contribution >= 0.6 is 0 Å². The van der Waals surface area contributed by atoms with Crippen LogP contribution < -0.4 is 5.32 Å². The Bertz CT molecular complexity index is 622. The Balaban J connectivity index is 1.66. The lowest BCUT2D eigenvalue weighted by atomic mass is 10.0. The van der Waals surface area contributed by atoms with E-state index in [0.717, 1.165) is 32.8 Å². The van der Waals surface area contributed by atoms with Gasteiger partial charge in [0.15, 0.2) is 0 Å². The molecule has 3 heterocycles. The summed E-state index contributed by atoms with van der Waals surface area (Å²) in [6.45, 7) is 6.57. The van der Waals surface area contributed by atoms with Gasteiger partial charge in [-0.2, -0.15) is 5.10 Å². The van der Waals surface area contributed by atoms with E-state index in [1.54, 1.807) is 0 Å². The van der Waals surface area contributed by atoms with Crippen LogP contribution in [0.15, 0.2) is 24.9 Å². The van der Waals surface area contributed by atoms with Crippen LogP contribution in [-0.2, 0) is 25.4 Å². The summed E-state index contributed by atoms with van der Waals surface area (Å²) in [6, 6.07) is 0.251. The average Bonchev–Trinajstić information content (AvgIpc) is 3.16. The maximum absolute atomic E-state index is 6.07. The molecule has 0 saturated carbocycles. The maximum atomic E-state index is 6.07. The molecule has 1 saturated heterocycles. The van der Waals surface area contributed by atoms with Crippen LogP contribution in [0.2, 0.25) is 0 Å². The van der Waals surface area contributed by atoms with E-state index in [-0.39, 0.29) is 12.1 Å². The maximum Gasteiger partial charge on any atom is 0.0945 e. The smallest absolute Gasteiger partial charge is 0.0945 e. The van der Waals surface area contributed by atoms with E-state index in [2.05, 4.69) is 33.4 Å². The highest BCUT2D eigenvalue weighted by Crippen LogP contribution is 2.28. The summed E-state index contributed by atoms with van der Waals surface area (Å²) in [4.78, 5) is 6.62. The Morgan fingerprint density at radius 1 is 1.35 bits per heavy atom. The fourth-order valence-corrected chi connectivity index (χ4v) is 3.23. The molecular weight excluding hydrogens is 292 g/mol. The first kappa shape index (κ1) is 16.2. The minimum Gasteiger partial charge on any atom is -0.374 e. The molecule has 0 aromatic carbocycles. The summed E-state index contributed by atoms with van der Waals surface area (Å²) in [6.07, 6.45) is 7.89. The zero-order valence-electron chi connectivity index (χ0n) is 14.1. The van der Waals surface area contributed by atoms with E-state index in [4.69, 9.17) is 4.74 Å². The van der Waals surface area contributed by atoms with Crippen LogP contribution in [0.1, 0.15) is 24.2 Å². The number of hydrogen-bond acceptors (Lipinski definition) is 5. The van der Waals surface area contributed by atoms with E-state index in [0.29, 0.717) is 0 Å². The first-order valence-corrected chi connectivity index (χ1v) is 8.19. The summed E-state index contributed by atoms with van der Waals surface area (Å²) >= 11 is 0. The topological polar surface area (TPSA) is 60.1 Å². The Morgan fingerprint density at radius 2 is 2.22 bits per heavy atom. The van der Waals surface area contributed by atoms with Crippen molar-refractivity contribution in [3.05, 3.63) is 36.2 Å². The highest BCUT2D eigenvalue weighted by molar-refractivity contribution is 5.14. The van der Waals surface area contributed by atoms with Crippen molar-refractivity contribution in [1.29, 1.82) is 0 Å². The second kappa shape index (κ2) is 7.25. The average molecular weight is 318 g/mol. The Morgan fingerprint density at radius 3 is 2.87 bits per heavy atom. The van der Waals surface area contributed by atoms with Gasteiger partial charge in [0, 0.05) is 51.7 Å². The number of likely N-dealkylation sites (N-methyl/N-ethyl adjacent to an activating group) is 1. The Labute approximate surface area is 137 Å². The minimum absolute atomic E-state index is 0.126. The molecule has 0 amide bonds. The number of ether oxygens (including phenoxy) is 1. The van der Waals surface area contributed by atoms with Gasteiger partial charge in [0.2, 0.25) is 0 Å². The number of rotatable bonds is 6. The fourth-order valence-electron chi connectivity index (χ4n) is 3.23. The largest absolute Gasteiger partial charge is 0.374 e. The standard InChI is InChI=1S/C16H26N6O/c1-4-22-5-6-23-15(16(22)13-7-19-21(3)11-13)10-17-8-14-9-18-12-20(14)2/h7,9,11-12,15-17H,4-6,8,10H2,1-3H3/t15-,16-/m0/s1. The zero-order chi connectivity index (χ0) is 16.2. The van der Waals surface area contributed by atoms with Gasteiger partial charge in [-0.25, -0.2) is 4.98 Å². The molecule has 1 aliphatic rings. The van der Waals surface area contributed by atoms with Gasteiger partial charge in [0.25, 0.3) is 0 Å². The van der Waals surface area contributed by atoms with Gasteiger partial charge in [-0.1, -0.05) is 6.92 Å². The molecule has 23 heavy (non-hydrogen) atoms. The number of nitrogens with one attached hydrogen (secondary N) is 1. The summed E-state index contributed by atoms with van der Waals surface area (Å²) < 4.78 is 9.96. The number of aromatic nitrogens is 4. The summed E-state index contributed by atoms with van der Waals surface area (Å²) in [5.41, 5.74) is 2.40. The molecule has 1 aliphatic heterocycles. The molecule has 126 valence electrons. The van der Waals surface area contributed by atoms with Crippen LogP contribution in [0.25, 0.3) is 0 Å². The monoisotopic (exact) mass is 318 g/mol. The first-order valence-electron chi connectivity index (χ1n) is 8.19. The zero-order valence-corrected chi connectivity index (χ0v) is 14.1. The number of hydrogen-bond donors (Lipinski definition) is 1. The Kier molecular flexibility index (Phi) is 5.09. The van der Waals surface area contributed by atoms with E-state index >= 15 is 0 Å². The number of aryl methyl sites for hydroxylation is 2. The predicted octanol–water partition coefficient (Wildman–Crippen LogP) is 0.705. The van der Waals surface area contributed by atoms with Gasteiger partial charge in [-0.05, 0) is 6.54 Å². The van der Waals surface area contributed by atoms with Gasteiger partial charge >= 0.3 is 0 Å². The molecule has 1 N–H and O–H groups in total. The lowest BCUT2D eigenvalue weighted by Crippen LogP contribution is -2.48. The van der Waals surface area contributed by atoms with E-state index in [9.17, 15) is 0 Å². The Hall–Kier alpha value is -1.70. The quantitative estimate of drug-likeness (QED) is 0.850. The van der Waals surface area contributed by atoms with Crippen LogP contribution in [-0.4, -0.2) is 56.6 Å². The highest BCUT2D eigenvalue weighted by Gasteiger charge is 2.33. The molecule has 3 rings (SSSR count). The highest BCUT2D eigenvalue weighted by atomic mass is 16.5. The summed E-state index contributed by atoms with van der Waals surface area (Å²) in [5.74, 6) is 0. The molecule has 0 spiro atoms. The van der Waals surface area contributed by atoms with Crippen LogP contribution in [0.4, 0.5) is 0 Å².